The van der Waals surface area contributed by atoms with Crippen LogP contribution in [-0.2, 0) is 14.8 Å². The van der Waals surface area contributed by atoms with Crippen LogP contribution in [0.15, 0.2) is 71.8 Å². The van der Waals surface area contributed by atoms with Crippen LogP contribution in [0.3, 0.4) is 0 Å². The minimum atomic E-state index is -3.76. The molecule has 2 aromatic carbocycles. The number of hydrogen-bond donors (Lipinski definition) is 3. The van der Waals surface area contributed by atoms with E-state index in [9.17, 15) is 18.0 Å². The van der Waals surface area contributed by atoms with Crippen molar-refractivity contribution in [1.29, 1.82) is 0 Å². The number of nitrogens with one attached hydrogen (secondary N) is 3. The number of carbonyl (C=O) groups is 2. The molecule has 0 saturated carbocycles. The third-order valence-electron chi connectivity index (χ3n) is 4.38. The molecule has 32 heavy (non-hydrogen) atoms. The molecule has 0 spiro atoms. The second-order valence-corrected chi connectivity index (χ2v) is 8.94. The average Bonchev–Trinajstić information content (AvgIpc) is 2.78. The van der Waals surface area contributed by atoms with Gasteiger partial charge >= 0.3 is 0 Å². The van der Waals surface area contributed by atoms with Gasteiger partial charge in [0.1, 0.15) is 0 Å². The second-order valence-electron chi connectivity index (χ2n) is 6.77. The molecular formula is C22H21ClN4O4S. The standard InChI is InChI=1S/C22H21ClN4O4S/c1-15(28)24-12-13-26-32(30,31)18-8-5-16(6-9-18)22(29)27-17-7-10-20(23)19(14-17)21-4-2-3-11-25-21/h2-11,14,26H,12-13H2,1H3,(H,24,28)(H,27,29). The molecule has 1 aromatic heterocycles. The van der Waals surface area contributed by atoms with Crippen LogP contribution in [-0.4, -0.2) is 38.3 Å². The van der Waals surface area contributed by atoms with E-state index in [1.54, 1.807) is 30.5 Å². The number of aromatic nitrogens is 1. The number of anilines is 1. The molecule has 8 nitrogen and oxygen atoms in total. The number of hydrogen-bond acceptors (Lipinski definition) is 5. The number of benzene rings is 2. The van der Waals surface area contributed by atoms with Gasteiger partial charge in [0.05, 0.1) is 15.6 Å². The number of carbonyl (C=O) groups excluding carboxylic acids is 2. The van der Waals surface area contributed by atoms with Gasteiger partial charge in [-0.25, -0.2) is 13.1 Å². The van der Waals surface area contributed by atoms with Gasteiger partial charge in [0.15, 0.2) is 0 Å². The van der Waals surface area contributed by atoms with Crippen molar-refractivity contribution in [3.8, 4) is 11.3 Å². The topological polar surface area (TPSA) is 117 Å². The molecule has 0 aliphatic heterocycles. The van der Waals surface area contributed by atoms with Gasteiger partial charge in [-0.15, -0.1) is 0 Å². The van der Waals surface area contributed by atoms with Gasteiger partial charge in [0.2, 0.25) is 15.9 Å². The quantitative estimate of drug-likeness (QED) is 0.435. The lowest BCUT2D eigenvalue weighted by Crippen LogP contribution is -2.33. The Labute approximate surface area is 191 Å². The maximum absolute atomic E-state index is 12.6. The largest absolute Gasteiger partial charge is 0.355 e. The summed E-state index contributed by atoms with van der Waals surface area (Å²) in [5.74, 6) is -0.644. The Bertz CT molecular complexity index is 1220. The Morgan fingerprint density at radius 2 is 1.75 bits per heavy atom. The summed E-state index contributed by atoms with van der Waals surface area (Å²) in [7, 11) is -3.76. The average molecular weight is 473 g/mol. The van der Waals surface area contributed by atoms with Crippen LogP contribution in [0.1, 0.15) is 17.3 Å². The van der Waals surface area contributed by atoms with Gasteiger partial charge in [-0.2, -0.15) is 0 Å². The zero-order chi connectivity index (χ0) is 23.1. The molecule has 0 radical (unpaired) electrons. The second kappa shape index (κ2) is 10.4. The van der Waals surface area contributed by atoms with Crippen LogP contribution in [0, 0.1) is 0 Å². The lowest BCUT2D eigenvalue weighted by atomic mass is 10.1. The van der Waals surface area contributed by atoms with Gasteiger partial charge in [-0.05, 0) is 54.6 Å². The van der Waals surface area contributed by atoms with E-state index in [0.29, 0.717) is 22.0 Å². The molecule has 10 heteroatoms. The first kappa shape index (κ1) is 23.4. The lowest BCUT2D eigenvalue weighted by molar-refractivity contribution is -0.118. The van der Waals surface area contributed by atoms with E-state index in [4.69, 9.17) is 11.6 Å². The van der Waals surface area contributed by atoms with E-state index in [2.05, 4.69) is 20.3 Å². The molecule has 1 heterocycles. The lowest BCUT2D eigenvalue weighted by Gasteiger charge is -2.10. The molecule has 0 saturated heterocycles. The summed E-state index contributed by atoms with van der Waals surface area (Å²) in [5.41, 5.74) is 2.17. The maximum Gasteiger partial charge on any atom is 0.255 e. The summed E-state index contributed by atoms with van der Waals surface area (Å²) in [6.45, 7) is 1.58. The van der Waals surface area contributed by atoms with Gasteiger partial charge in [-0.1, -0.05) is 17.7 Å². The number of pyridine rings is 1. The summed E-state index contributed by atoms with van der Waals surface area (Å²) >= 11 is 6.27. The SMILES string of the molecule is CC(=O)NCCNS(=O)(=O)c1ccc(C(=O)Nc2ccc(Cl)c(-c3ccccn3)c2)cc1. The third-order valence-corrected chi connectivity index (χ3v) is 6.19. The Kier molecular flexibility index (Phi) is 7.57. The summed E-state index contributed by atoms with van der Waals surface area (Å²) in [5, 5.41) is 5.78. The first-order valence-electron chi connectivity index (χ1n) is 9.63. The van der Waals surface area contributed by atoms with Crippen molar-refractivity contribution < 1.29 is 18.0 Å². The fraction of sp³-hybridized carbons (Fsp3) is 0.136. The summed E-state index contributed by atoms with van der Waals surface area (Å²) in [6.07, 6.45) is 1.65. The van der Waals surface area contributed by atoms with E-state index in [-0.39, 0.29) is 29.5 Å². The zero-order valence-electron chi connectivity index (χ0n) is 17.1. The van der Waals surface area contributed by atoms with Crippen LogP contribution >= 0.6 is 11.6 Å². The Balaban J connectivity index is 1.68. The predicted molar refractivity (Wildman–Crippen MR) is 123 cm³/mol. The van der Waals surface area contributed by atoms with Gasteiger partial charge in [0, 0.05) is 43.0 Å². The number of halogens is 1. The monoisotopic (exact) mass is 472 g/mol. The number of nitrogens with zero attached hydrogens (tertiary/aromatic N) is 1. The van der Waals surface area contributed by atoms with E-state index in [0.717, 1.165) is 0 Å². The summed E-state index contributed by atoms with van der Waals surface area (Å²) < 4.78 is 27.0. The van der Waals surface area contributed by atoms with Crippen molar-refractivity contribution in [1.82, 2.24) is 15.0 Å². The van der Waals surface area contributed by atoms with Crippen molar-refractivity contribution >= 4 is 39.1 Å². The first-order valence-corrected chi connectivity index (χ1v) is 11.5. The fourth-order valence-corrected chi connectivity index (χ4v) is 4.06. The maximum atomic E-state index is 12.6. The predicted octanol–water partition coefficient (Wildman–Crippen LogP) is 3.07. The summed E-state index contributed by atoms with van der Waals surface area (Å²) in [6, 6.07) is 16.1. The minimum Gasteiger partial charge on any atom is -0.355 e. The molecule has 3 N–H and O–H groups in total. The number of sulfonamides is 1. The van der Waals surface area contributed by atoms with Gasteiger partial charge in [0.25, 0.3) is 5.91 Å². The zero-order valence-corrected chi connectivity index (χ0v) is 18.7. The van der Waals surface area contributed by atoms with Crippen molar-refractivity contribution in [2.45, 2.75) is 11.8 Å². The van der Waals surface area contributed by atoms with Crippen molar-refractivity contribution in [3.63, 3.8) is 0 Å². The van der Waals surface area contributed by atoms with Crippen LogP contribution in [0.2, 0.25) is 5.02 Å². The minimum absolute atomic E-state index is 0.0146. The first-order chi connectivity index (χ1) is 15.3. The molecule has 166 valence electrons. The molecule has 0 aliphatic carbocycles. The Morgan fingerprint density at radius 1 is 1.00 bits per heavy atom. The molecular weight excluding hydrogens is 452 g/mol. The molecule has 0 fully saturated rings. The highest BCUT2D eigenvalue weighted by Gasteiger charge is 2.15. The smallest absolute Gasteiger partial charge is 0.255 e. The normalized spacial score (nSPS) is 11.1. The molecule has 3 aromatic rings. The van der Waals surface area contributed by atoms with E-state index >= 15 is 0 Å². The highest BCUT2D eigenvalue weighted by Crippen LogP contribution is 2.29. The molecule has 0 bridgehead atoms. The van der Waals surface area contributed by atoms with Crippen molar-refractivity contribution in [3.05, 3.63) is 77.4 Å². The highest BCUT2D eigenvalue weighted by molar-refractivity contribution is 7.89. The van der Waals surface area contributed by atoms with E-state index in [1.807, 2.05) is 12.1 Å². The van der Waals surface area contributed by atoms with Crippen molar-refractivity contribution in [2.24, 2.45) is 0 Å². The number of amides is 2. The third kappa shape index (κ3) is 6.13. The number of rotatable bonds is 8. The molecule has 2 amide bonds. The van der Waals surface area contributed by atoms with E-state index in [1.165, 1.54) is 31.2 Å². The van der Waals surface area contributed by atoms with Crippen LogP contribution < -0.4 is 15.4 Å². The molecule has 0 unspecified atom stereocenters. The Hall–Kier alpha value is -3.27. The summed E-state index contributed by atoms with van der Waals surface area (Å²) in [4.78, 5) is 27.7. The highest BCUT2D eigenvalue weighted by atomic mass is 35.5. The van der Waals surface area contributed by atoms with E-state index < -0.39 is 15.9 Å². The van der Waals surface area contributed by atoms with Gasteiger partial charge in [-0.3, -0.25) is 14.6 Å². The van der Waals surface area contributed by atoms with Crippen LogP contribution in [0.25, 0.3) is 11.3 Å². The van der Waals surface area contributed by atoms with Crippen LogP contribution in [0.4, 0.5) is 5.69 Å². The molecule has 0 atom stereocenters. The van der Waals surface area contributed by atoms with Gasteiger partial charge < -0.3 is 10.6 Å². The van der Waals surface area contributed by atoms with Crippen LogP contribution in [0.5, 0.6) is 0 Å². The molecule has 3 rings (SSSR count). The Morgan fingerprint density at radius 3 is 2.41 bits per heavy atom. The fourth-order valence-electron chi connectivity index (χ4n) is 2.82. The van der Waals surface area contributed by atoms with Crippen molar-refractivity contribution in [2.75, 3.05) is 18.4 Å². The molecule has 0 aliphatic rings.